The maximum atomic E-state index is 12.7. The summed E-state index contributed by atoms with van der Waals surface area (Å²) in [6, 6.07) is 11.8. The number of para-hydroxylation sites is 1. The van der Waals surface area contributed by atoms with Crippen LogP contribution in [0.3, 0.4) is 0 Å². The van der Waals surface area contributed by atoms with Crippen LogP contribution in [0.5, 0.6) is 5.75 Å². The van der Waals surface area contributed by atoms with Crippen LogP contribution in [0.1, 0.15) is 28.8 Å². The van der Waals surface area contributed by atoms with Crippen molar-refractivity contribution in [3.8, 4) is 5.75 Å². The van der Waals surface area contributed by atoms with Gasteiger partial charge in [0.25, 0.3) is 5.91 Å². The first-order valence-corrected chi connectivity index (χ1v) is 7.62. The molecular formula is C18H20N2O2. The van der Waals surface area contributed by atoms with Crippen LogP contribution in [-0.4, -0.2) is 35.5 Å². The molecule has 0 saturated carbocycles. The van der Waals surface area contributed by atoms with E-state index in [0.717, 1.165) is 37.1 Å². The number of carbonyl (C=O) groups excluding carboxylic acids is 1. The lowest BCUT2D eigenvalue weighted by Crippen LogP contribution is -2.36. The lowest BCUT2D eigenvalue weighted by molar-refractivity contribution is 0.0736. The normalized spacial score (nSPS) is 17.5. The number of pyridine rings is 1. The predicted octanol–water partition coefficient (Wildman–Crippen LogP) is 2.94. The first kappa shape index (κ1) is 14.6. The van der Waals surface area contributed by atoms with Crippen LogP contribution >= 0.6 is 0 Å². The first-order valence-electron chi connectivity index (χ1n) is 7.62. The lowest BCUT2D eigenvalue weighted by Gasteiger charge is -2.25. The second-order valence-corrected chi connectivity index (χ2v) is 5.55. The highest BCUT2D eigenvalue weighted by atomic mass is 16.5. The second kappa shape index (κ2) is 6.60. The van der Waals surface area contributed by atoms with Crippen LogP contribution in [-0.2, 0) is 6.42 Å². The van der Waals surface area contributed by atoms with Crippen LogP contribution in [0.15, 0.2) is 48.8 Å². The average molecular weight is 296 g/mol. The van der Waals surface area contributed by atoms with E-state index in [9.17, 15) is 4.79 Å². The average Bonchev–Trinajstić information content (AvgIpc) is 3.03. The Labute approximate surface area is 130 Å². The number of hydrogen-bond donors (Lipinski definition) is 0. The number of aromatic nitrogens is 1. The molecule has 4 nitrogen and oxygen atoms in total. The lowest BCUT2D eigenvalue weighted by atomic mass is 10.0. The van der Waals surface area contributed by atoms with Crippen LogP contribution in [0.2, 0.25) is 0 Å². The van der Waals surface area contributed by atoms with E-state index in [4.69, 9.17) is 4.74 Å². The van der Waals surface area contributed by atoms with E-state index >= 15 is 0 Å². The number of nitrogens with zero attached hydrogens (tertiary/aromatic N) is 2. The summed E-state index contributed by atoms with van der Waals surface area (Å²) in [6.07, 6.45) is 6.25. The molecular weight excluding hydrogens is 276 g/mol. The van der Waals surface area contributed by atoms with Crippen molar-refractivity contribution in [3.05, 3.63) is 59.9 Å². The fourth-order valence-corrected chi connectivity index (χ4v) is 3.10. The molecule has 3 rings (SSSR count). The third-order valence-corrected chi connectivity index (χ3v) is 4.21. The summed E-state index contributed by atoms with van der Waals surface area (Å²) in [5.74, 6) is 0.991. The summed E-state index contributed by atoms with van der Waals surface area (Å²) in [5, 5.41) is 0. The van der Waals surface area contributed by atoms with E-state index in [1.807, 2.05) is 23.1 Å². The summed E-state index contributed by atoms with van der Waals surface area (Å²) in [6.45, 7) is 0.820. The van der Waals surface area contributed by atoms with Gasteiger partial charge in [-0.1, -0.05) is 18.2 Å². The zero-order valence-corrected chi connectivity index (χ0v) is 12.7. The Kier molecular flexibility index (Phi) is 4.37. The molecule has 0 unspecified atom stereocenters. The van der Waals surface area contributed by atoms with Crippen molar-refractivity contribution >= 4 is 5.91 Å². The van der Waals surface area contributed by atoms with Crippen molar-refractivity contribution in [2.24, 2.45) is 0 Å². The van der Waals surface area contributed by atoms with Crippen LogP contribution < -0.4 is 4.74 Å². The number of carbonyl (C=O) groups is 1. The van der Waals surface area contributed by atoms with Crippen molar-refractivity contribution in [2.75, 3.05) is 13.7 Å². The van der Waals surface area contributed by atoms with E-state index in [-0.39, 0.29) is 11.9 Å². The van der Waals surface area contributed by atoms with Crippen molar-refractivity contribution in [2.45, 2.75) is 25.3 Å². The third-order valence-electron chi connectivity index (χ3n) is 4.21. The Morgan fingerprint density at radius 3 is 2.82 bits per heavy atom. The van der Waals surface area contributed by atoms with Gasteiger partial charge in [-0.15, -0.1) is 0 Å². The highest BCUT2D eigenvalue weighted by Crippen LogP contribution is 2.27. The molecule has 0 bridgehead atoms. The van der Waals surface area contributed by atoms with Gasteiger partial charge in [0.15, 0.2) is 0 Å². The number of amides is 1. The number of likely N-dealkylation sites (tertiary alicyclic amines) is 1. The van der Waals surface area contributed by atoms with Crippen LogP contribution in [0.25, 0.3) is 0 Å². The molecule has 1 fully saturated rings. The number of methoxy groups -OCH3 is 1. The summed E-state index contributed by atoms with van der Waals surface area (Å²) in [4.78, 5) is 18.6. The standard InChI is InChI=1S/C18H20N2O2/c1-22-17-7-3-2-5-15(17)13-16-6-4-12-20(16)18(21)14-8-10-19-11-9-14/h2-3,5,7-11,16H,4,6,12-13H2,1H3/t16-/m0/s1. The summed E-state index contributed by atoms with van der Waals surface area (Å²) in [5.41, 5.74) is 1.87. The van der Waals surface area contributed by atoms with Gasteiger partial charge in [0.2, 0.25) is 0 Å². The Balaban J connectivity index is 1.77. The number of benzene rings is 1. The molecule has 0 spiro atoms. The van der Waals surface area contributed by atoms with Gasteiger partial charge < -0.3 is 9.64 Å². The summed E-state index contributed by atoms with van der Waals surface area (Å²) >= 11 is 0. The topological polar surface area (TPSA) is 42.4 Å². The quantitative estimate of drug-likeness (QED) is 0.871. The third kappa shape index (κ3) is 2.96. The van der Waals surface area contributed by atoms with Crippen LogP contribution in [0.4, 0.5) is 0 Å². The fraction of sp³-hybridized carbons (Fsp3) is 0.333. The van der Waals surface area contributed by atoms with E-state index in [2.05, 4.69) is 11.1 Å². The van der Waals surface area contributed by atoms with E-state index < -0.39 is 0 Å². The van der Waals surface area contributed by atoms with Crippen molar-refractivity contribution < 1.29 is 9.53 Å². The van der Waals surface area contributed by atoms with Crippen LogP contribution in [0, 0.1) is 0 Å². The predicted molar refractivity (Wildman–Crippen MR) is 85.0 cm³/mol. The van der Waals surface area contributed by atoms with Gasteiger partial charge in [0.1, 0.15) is 5.75 Å². The molecule has 1 aromatic heterocycles. The van der Waals surface area contributed by atoms with Gasteiger partial charge in [0, 0.05) is 30.5 Å². The molecule has 0 aliphatic carbocycles. The summed E-state index contributed by atoms with van der Waals surface area (Å²) in [7, 11) is 1.69. The molecule has 2 aromatic rings. The zero-order valence-electron chi connectivity index (χ0n) is 12.7. The molecule has 22 heavy (non-hydrogen) atoms. The van der Waals surface area contributed by atoms with E-state index in [1.165, 1.54) is 0 Å². The number of hydrogen-bond acceptors (Lipinski definition) is 3. The van der Waals surface area contributed by atoms with Gasteiger partial charge in [-0.3, -0.25) is 9.78 Å². The van der Waals surface area contributed by atoms with Crippen molar-refractivity contribution in [3.63, 3.8) is 0 Å². The highest BCUT2D eigenvalue weighted by molar-refractivity contribution is 5.94. The molecule has 114 valence electrons. The van der Waals surface area contributed by atoms with Gasteiger partial charge in [-0.25, -0.2) is 0 Å². The molecule has 0 N–H and O–H groups in total. The molecule has 1 aromatic carbocycles. The SMILES string of the molecule is COc1ccccc1C[C@@H]1CCCN1C(=O)c1ccncc1. The number of ether oxygens (including phenoxy) is 1. The van der Waals surface area contributed by atoms with Crippen molar-refractivity contribution in [1.82, 2.24) is 9.88 Å². The number of rotatable bonds is 4. The van der Waals surface area contributed by atoms with Gasteiger partial charge in [-0.05, 0) is 43.0 Å². The van der Waals surface area contributed by atoms with Gasteiger partial charge in [-0.2, -0.15) is 0 Å². The maximum absolute atomic E-state index is 12.7. The van der Waals surface area contributed by atoms with Gasteiger partial charge >= 0.3 is 0 Å². The molecule has 1 aliphatic rings. The van der Waals surface area contributed by atoms with Gasteiger partial charge in [0.05, 0.1) is 7.11 Å². The molecule has 1 aliphatic heterocycles. The largest absolute Gasteiger partial charge is 0.496 e. The monoisotopic (exact) mass is 296 g/mol. The highest BCUT2D eigenvalue weighted by Gasteiger charge is 2.30. The smallest absolute Gasteiger partial charge is 0.254 e. The Morgan fingerprint density at radius 2 is 2.05 bits per heavy atom. The Morgan fingerprint density at radius 1 is 1.27 bits per heavy atom. The molecule has 1 amide bonds. The molecule has 1 atom stereocenters. The summed E-state index contributed by atoms with van der Waals surface area (Å²) < 4.78 is 5.42. The molecule has 0 radical (unpaired) electrons. The Hall–Kier alpha value is -2.36. The maximum Gasteiger partial charge on any atom is 0.254 e. The molecule has 1 saturated heterocycles. The molecule has 4 heteroatoms. The van der Waals surface area contributed by atoms with E-state index in [0.29, 0.717) is 5.56 Å². The fourth-order valence-electron chi connectivity index (χ4n) is 3.10. The first-order chi connectivity index (χ1) is 10.8. The molecule has 2 heterocycles. The minimum Gasteiger partial charge on any atom is -0.496 e. The Bertz CT molecular complexity index is 643. The second-order valence-electron chi connectivity index (χ2n) is 5.55. The minimum absolute atomic E-state index is 0.0970. The zero-order chi connectivity index (χ0) is 15.4. The van der Waals surface area contributed by atoms with E-state index in [1.54, 1.807) is 31.6 Å². The minimum atomic E-state index is 0.0970. The van der Waals surface area contributed by atoms with Crippen molar-refractivity contribution in [1.29, 1.82) is 0 Å².